The van der Waals surface area contributed by atoms with Crippen LogP contribution in [0.5, 0.6) is 0 Å². The molecule has 1 heterocycles. The second kappa shape index (κ2) is 3.91. The highest BCUT2D eigenvalue weighted by atomic mass is 16.1. The van der Waals surface area contributed by atoms with E-state index in [0.29, 0.717) is 11.3 Å². The van der Waals surface area contributed by atoms with E-state index in [-0.39, 0.29) is 11.2 Å². The monoisotopic (exact) mass is 239 g/mol. The standard InChI is InChI=1S/C14H13N3O/c15-12-3-1-11(2-4-12)14(5-6-14)13(18)10-7-16-9-17-8-10/h1-4,7-9H,5-6,15H2. The summed E-state index contributed by atoms with van der Waals surface area (Å²) >= 11 is 0. The predicted molar refractivity (Wildman–Crippen MR) is 68.1 cm³/mol. The van der Waals surface area contributed by atoms with Gasteiger partial charge in [-0.15, -0.1) is 0 Å². The van der Waals surface area contributed by atoms with E-state index < -0.39 is 0 Å². The number of carbonyl (C=O) groups is 1. The highest BCUT2D eigenvalue weighted by Gasteiger charge is 2.51. The maximum absolute atomic E-state index is 12.5. The lowest BCUT2D eigenvalue weighted by molar-refractivity contribution is 0.0945. The van der Waals surface area contributed by atoms with Crippen molar-refractivity contribution in [2.75, 3.05) is 5.73 Å². The van der Waals surface area contributed by atoms with Crippen LogP contribution in [-0.4, -0.2) is 15.8 Å². The van der Waals surface area contributed by atoms with Crippen molar-refractivity contribution in [1.29, 1.82) is 0 Å². The molecule has 0 aliphatic heterocycles. The van der Waals surface area contributed by atoms with Crippen LogP contribution in [0.15, 0.2) is 43.0 Å². The molecule has 0 amide bonds. The van der Waals surface area contributed by atoms with Crippen molar-refractivity contribution in [2.24, 2.45) is 0 Å². The van der Waals surface area contributed by atoms with E-state index >= 15 is 0 Å². The van der Waals surface area contributed by atoms with Crippen molar-refractivity contribution in [3.05, 3.63) is 54.1 Å². The topological polar surface area (TPSA) is 68.9 Å². The zero-order chi connectivity index (χ0) is 12.6. The Kier molecular flexibility index (Phi) is 2.37. The lowest BCUT2D eigenvalue weighted by Crippen LogP contribution is -2.21. The van der Waals surface area contributed by atoms with Gasteiger partial charge in [0.2, 0.25) is 0 Å². The van der Waals surface area contributed by atoms with Crippen molar-refractivity contribution in [1.82, 2.24) is 9.97 Å². The van der Waals surface area contributed by atoms with Gasteiger partial charge in [-0.25, -0.2) is 9.97 Å². The summed E-state index contributed by atoms with van der Waals surface area (Å²) in [5.74, 6) is 0.105. The Hall–Kier alpha value is -2.23. The quantitative estimate of drug-likeness (QED) is 0.656. The summed E-state index contributed by atoms with van der Waals surface area (Å²) < 4.78 is 0. The van der Waals surface area contributed by atoms with Gasteiger partial charge in [-0.1, -0.05) is 12.1 Å². The SMILES string of the molecule is Nc1ccc(C2(C(=O)c3cncnc3)CC2)cc1. The van der Waals surface area contributed by atoms with E-state index in [1.165, 1.54) is 6.33 Å². The second-order valence-electron chi connectivity index (χ2n) is 4.66. The molecular formula is C14H13N3O. The lowest BCUT2D eigenvalue weighted by Gasteiger charge is -2.14. The van der Waals surface area contributed by atoms with Crippen molar-refractivity contribution < 1.29 is 4.79 Å². The van der Waals surface area contributed by atoms with Gasteiger partial charge >= 0.3 is 0 Å². The Bertz CT molecular complexity index is 574. The molecule has 0 unspecified atom stereocenters. The summed E-state index contributed by atoms with van der Waals surface area (Å²) in [6.07, 6.45) is 6.34. The molecule has 0 radical (unpaired) electrons. The molecule has 0 saturated heterocycles. The third kappa shape index (κ3) is 1.66. The molecule has 1 aromatic carbocycles. The van der Waals surface area contributed by atoms with Crippen LogP contribution in [0.4, 0.5) is 5.69 Å². The Morgan fingerprint density at radius 3 is 2.28 bits per heavy atom. The molecule has 0 atom stereocenters. The van der Waals surface area contributed by atoms with E-state index in [0.717, 1.165) is 18.4 Å². The average molecular weight is 239 g/mol. The van der Waals surface area contributed by atoms with Crippen LogP contribution >= 0.6 is 0 Å². The fourth-order valence-electron chi connectivity index (χ4n) is 2.27. The Morgan fingerprint density at radius 2 is 1.72 bits per heavy atom. The van der Waals surface area contributed by atoms with Gasteiger partial charge in [-0.2, -0.15) is 0 Å². The molecule has 0 bridgehead atoms. The minimum absolute atomic E-state index is 0.105. The van der Waals surface area contributed by atoms with E-state index in [4.69, 9.17) is 5.73 Å². The predicted octanol–water partition coefficient (Wildman–Crippen LogP) is 1.97. The zero-order valence-electron chi connectivity index (χ0n) is 9.84. The number of nitrogens with two attached hydrogens (primary N) is 1. The first-order chi connectivity index (χ1) is 8.72. The minimum atomic E-state index is -0.377. The molecule has 90 valence electrons. The first kappa shape index (κ1) is 10.9. The first-order valence-electron chi connectivity index (χ1n) is 5.88. The lowest BCUT2D eigenvalue weighted by atomic mass is 9.88. The molecular weight excluding hydrogens is 226 g/mol. The molecule has 3 rings (SSSR count). The number of nitrogen functional groups attached to an aromatic ring is 1. The second-order valence-corrected chi connectivity index (χ2v) is 4.66. The van der Waals surface area contributed by atoms with Gasteiger partial charge in [0.1, 0.15) is 6.33 Å². The number of benzene rings is 1. The first-order valence-corrected chi connectivity index (χ1v) is 5.88. The maximum Gasteiger partial charge on any atom is 0.176 e. The molecule has 4 nitrogen and oxygen atoms in total. The van der Waals surface area contributed by atoms with E-state index in [9.17, 15) is 4.79 Å². The maximum atomic E-state index is 12.5. The highest BCUT2D eigenvalue weighted by molar-refractivity contribution is 6.05. The molecule has 1 aliphatic rings. The molecule has 1 saturated carbocycles. The minimum Gasteiger partial charge on any atom is -0.399 e. The van der Waals surface area contributed by atoms with E-state index in [1.54, 1.807) is 12.4 Å². The summed E-state index contributed by atoms with van der Waals surface area (Å²) in [5, 5.41) is 0. The van der Waals surface area contributed by atoms with Crippen LogP contribution in [-0.2, 0) is 5.41 Å². The Morgan fingerprint density at radius 1 is 1.11 bits per heavy atom. The van der Waals surface area contributed by atoms with Crippen molar-refractivity contribution in [2.45, 2.75) is 18.3 Å². The van der Waals surface area contributed by atoms with Gasteiger partial charge in [-0.05, 0) is 30.5 Å². The average Bonchev–Trinajstić information content (AvgIpc) is 3.21. The zero-order valence-corrected chi connectivity index (χ0v) is 9.84. The molecule has 1 aromatic heterocycles. The third-order valence-corrected chi connectivity index (χ3v) is 3.47. The molecule has 1 fully saturated rings. The van der Waals surface area contributed by atoms with Gasteiger partial charge in [0.05, 0.1) is 11.0 Å². The number of anilines is 1. The number of ketones is 1. The van der Waals surface area contributed by atoms with Crippen LogP contribution in [0.2, 0.25) is 0 Å². The van der Waals surface area contributed by atoms with E-state index in [2.05, 4.69) is 9.97 Å². The summed E-state index contributed by atoms with van der Waals surface area (Å²) in [4.78, 5) is 20.3. The van der Waals surface area contributed by atoms with Crippen LogP contribution < -0.4 is 5.73 Å². The number of rotatable bonds is 3. The Balaban J connectivity index is 1.96. The normalized spacial score (nSPS) is 16.2. The summed E-state index contributed by atoms with van der Waals surface area (Å²) in [6.45, 7) is 0. The largest absolute Gasteiger partial charge is 0.399 e. The van der Waals surface area contributed by atoms with Crippen LogP contribution in [0.25, 0.3) is 0 Å². The van der Waals surface area contributed by atoms with Crippen LogP contribution in [0, 0.1) is 0 Å². The van der Waals surface area contributed by atoms with Gasteiger partial charge in [-0.3, -0.25) is 4.79 Å². The van der Waals surface area contributed by atoms with Gasteiger partial charge in [0.15, 0.2) is 5.78 Å². The summed E-state index contributed by atoms with van der Waals surface area (Å²) in [7, 11) is 0. The van der Waals surface area contributed by atoms with Crippen LogP contribution in [0.3, 0.4) is 0 Å². The summed E-state index contributed by atoms with van der Waals surface area (Å²) in [5.41, 5.74) is 7.62. The molecule has 2 aromatic rings. The van der Waals surface area contributed by atoms with Gasteiger partial charge < -0.3 is 5.73 Å². The van der Waals surface area contributed by atoms with Crippen molar-refractivity contribution >= 4 is 11.5 Å². The number of aromatic nitrogens is 2. The van der Waals surface area contributed by atoms with Gasteiger partial charge in [0, 0.05) is 18.1 Å². The fourth-order valence-corrected chi connectivity index (χ4v) is 2.27. The fraction of sp³-hybridized carbons (Fsp3) is 0.214. The number of hydrogen-bond acceptors (Lipinski definition) is 4. The number of Topliss-reactive ketones (excluding diaryl/α,β-unsaturated/α-hetero) is 1. The Labute approximate surface area is 105 Å². The van der Waals surface area contributed by atoms with Crippen LogP contribution in [0.1, 0.15) is 28.8 Å². The number of hydrogen-bond donors (Lipinski definition) is 1. The van der Waals surface area contributed by atoms with Crippen molar-refractivity contribution in [3.63, 3.8) is 0 Å². The number of nitrogens with zero attached hydrogens (tertiary/aromatic N) is 2. The van der Waals surface area contributed by atoms with Gasteiger partial charge in [0.25, 0.3) is 0 Å². The molecule has 4 heteroatoms. The third-order valence-electron chi connectivity index (χ3n) is 3.47. The van der Waals surface area contributed by atoms with E-state index in [1.807, 2.05) is 24.3 Å². The molecule has 18 heavy (non-hydrogen) atoms. The highest BCUT2D eigenvalue weighted by Crippen LogP contribution is 2.50. The molecule has 1 aliphatic carbocycles. The smallest absolute Gasteiger partial charge is 0.176 e. The number of carbonyl (C=O) groups excluding carboxylic acids is 1. The summed E-state index contributed by atoms with van der Waals surface area (Å²) in [6, 6.07) is 7.54. The molecule has 0 spiro atoms. The van der Waals surface area contributed by atoms with Crippen molar-refractivity contribution in [3.8, 4) is 0 Å². The molecule has 2 N–H and O–H groups in total.